The van der Waals surface area contributed by atoms with Gasteiger partial charge < -0.3 is 5.11 Å². The van der Waals surface area contributed by atoms with E-state index in [4.69, 9.17) is 5.11 Å². The van der Waals surface area contributed by atoms with E-state index in [1.54, 1.807) is 6.92 Å². The Bertz CT molecular complexity index is 332. The number of hydrogen-bond acceptors (Lipinski definition) is 4. The highest BCUT2D eigenvalue weighted by atomic mass is 32.2. The summed E-state index contributed by atoms with van der Waals surface area (Å²) < 4.78 is 25.4. The van der Waals surface area contributed by atoms with Gasteiger partial charge in [0.1, 0.15) is 0 Å². The molecule has 0 bridgehead atoms. The van der Waals surface area contributed by atoms with Gasteiger partial charge in [0.15, 0.2) is 0 Å². The normalized spacial score (nSPS) is 26.9. The summed E-state index contributed by atoms with van der Waals surface area (Å²) in [7, 11) is -3.28. The molecule has 1 aliphatic carbocycles. The highest BCUT2D eigenvalue weighted by molar-refractivity contribution is 7.89. The van der Waals surface area contributed by atoms with E-state index in [9.17, 15) is 8.42 Å². The van der Waals surface area contributed by atoms with Gasteiger partial charge >= 0.3 is 0 Å². The maximum atomic E-state index is 12.0. The van der Waals surface area contributed by atoms with Crippen LogP contribution >= 0.6 is 0 Å². The van der Waals surface area contributed by atoms with Crippen molar-refractivity contribution in [2.75, 3.05) is 32.8 Å². The van der Waals surface area contributed by atoms with E-state index >= 15 is 0 Å². The van der Waals surface area contributed by atoms with Gasteiger partial charge in [-0.25, -0.2) is 8.42 Å². The Labute approximate surface area is 97.1 Å². The molecule has 1 heterocycles. The fourth-order valence-electron chi connectivity index (χ4n) is 2.11. The molecule has 1 saturated carbocycles. The number of nitrogens with zero attached hydrogens (tertiary/aromatic N) is 2. The summed E-state index contributed by atoms with van der Waals surface area (Å²) in [4.78, 5) is 2.37. The molecule has 94 valence electrons. The number of sulfonamides is 1. The van der Waals surface area contributed by atoms with Crippen molar-refractivity contribution >= 4 is 10.0 Å². The van der Waals surface area contributed by atoms with E-state index in [0.717, 1.165) is 13.1 Å². The van der Waals surface area contributed by atoms with Crippen molar-refractivity contribution in [1.29, 1.82) is 0 Å². The zero-order valence-electron chi connectivity index (χ0n) is 9.67. The second kappa shape index (κ2) is 4.60. The highest BCUT2D eigenvalue weighted by Gasteiger charge is 2.35. The topological polar surface area (TPSA) is 60.9 Å². The molecular weight excluding hydrogens is 228 g/mol. The van der Waals surface area contributed by atoms with Crippen LogP contribution in [-0.2, 0) is 10.0 Å². The predicted molar refractivity (Wildman–Crippen MR) is 61.6 cm³/mol. The lowest BCUT2D eigenvalue weighted by Gasteiger charge is -2.35. The van der Waals surface area contributed by atoms with E-state index in [-0.39, 0.29) is 6.61 Å². The van der Waals surface area contributed by atoms with Crippen LogP contribution in [0.1, 0.15) is 19.8 Å². The average Bonchev–Trinajstić information content (AvgIpc) is 3.12. The summed E-state index contributed by atoms with van der Waals surface area (Å²) in [6, 6.07) is 0.708. The highest BCUT2D eigenvalue weighted by Crippen LogP contribution is 2.28. The van der Waals surface area contributed by atoms with Gasteiger partial charge in [0.25, 0.3) is 0 Å². The SMILES string of the molecule is CC(CO)S(=O)(=O)N1CCN(C2CC2)CC1. The molecule has 6 heteroatoms. The molecule has 2 aliphatic rings. The number of aliphatic hydroxyl groups excluding tert-OH is 1. The lowest BCUT2D eigenvalue weighted by atomic mass is 10.3. The molecule has 0 amide bonds. The maximum Gasteiger partial charge on any atom is 0.219 e. The Morgan fingerprint density at radius 2 is 1.81 bits per heavy atom. The second-order valence-corrected chi connectivity index (χ2v) is 7.06. The van der Waals surface area contributed by atoms with Crippen LogP contribution in [0.2, 0.25) is 0 Å². The molecule has 16 heavy (non-hydrogen) atoms. The minimum absolute atomic E-state index is 0.300. The largest absolute Gasteiger partial charge is 0.395 e. The van der Waals surface area contributed by atoms with Crippen LogP contribution in [0, 0.1) is 0 Å². The molecule has 1 N–H and O–H groups in total. The standard InChI is InChI=1S/C10H20N2O3S/c1-9(8-13)16(14,15)12-6-4-11(5-7-12)10-2-3-10/h9-10,13H,2-8H2,1H3. The minimum atomic E-state index is -3.28. The molecule has 5 nitrogen and oxygen atoms in total. The monoisotopic (exact) mass is 248 g/mol. The van der Waals surface area contributed by atoms with E-state index in [1.807, 2.05) is 0 Å². The van der Waals surface area contributed by atoms with Gasteiger partial charge in [-0.05, 0) is 19.8 Å². The van der Waals surface area contributed by atoms with E-state index in [2.05, 4.69) is 4.90 Å². The van der Waals surface area contributed by atoms with Gasteiger partial charge in [-0.3, -0.25) is 4.90 Å². The average molecular weight is 248 g/mol. The van der Waals surface area contributed by atoms with Crippen LogP contribution in [0.25, 0.3) is 0 Å². The number of hydrogen-bond donors (Lipinski definition) is 1. The number of piperazine rings is 1. The van der Waals surface area contributed by atoms with Crippen molar-refractivity contribution in [3.63, 3.8) is 0 Å². The van der Waals surface area contributed by atoms with Gasteiger partial charge in [-0.15, -0.1) is 0 Å². The third-order valence-electron chi connectivity index (χ3n) is 3.46. The summed E-state index contributed by atoms with van der Waals surface area (Å²) in [5.74, 6) is 0. The minimum Gasteiger partial charge on any atom is -0.395 e. The Morgan fingerprint density at radius 3 is 2.25 bits per heavy atom. The molecule has 0 radical (unpaired) electrons. The molecule has 1 aliphatic heterocycles. The maximum absolute atomic E-state index is 12.0. The van der Waals surface area contributed by atoms with Crippen LogP contribution in [0.4, 0.5) is 0 Å². The first-order valence-corrected chi connectivity index (χ1v) is 7.40. The van der Waals surface area contributed by atoms with Crippen LogP contribution in [-0.4, -0.2) is 66.8 Å². The van der Waals surface area contributed by atoms with Gasteiger partial charge in [-0.1, -0.05) is 0 Å². The van der Waals surface area contributed by atoms with Crippen LogP contribution in [0.5, 0.6) is 0 Å². The first-order chi connectivity index (χ1) is 7.55. The summed E-state index contributed by atoms with van der Waals surface area (Å²) in [5.41, 5.74) is 0. The second-order valence-electron chi connectivity index (χ2n) is 4.70. The van der Waals surface area contributed by atoms with Crippen molar-refractivity contribution in [1.82, 2.24) is 9.21 Å². The lowest BCUT2D eigenvalue weighted by Crippen LogP contribution is -2.51. The summed E-state index contributed by atoms with van der Waals surface area (Å²) >= 11 is 0. The molecule has 1 saturated heterocycles. The molecule has 0 aromatic carbocycles. The van der Waals surface area contributed by atoms with E-state index in [1.165, 1.54) is 17.1 Å². The van der Waals surface area contributed by atoms with E-state index < -0.39 is 15.3 Å². The van der Waals surface area contributed by atoms with Crippen molar-refractivity contribution in [2.24, 2.45) is 0 Å². The zero-order chi connectivity index (χ0) is 11.8. The Morgan fingerprint density at radius 1 is 1.25 bits per heavy atom. The smallest absolute Gasteiger partial charge is 0.219 e. The number of aliphatic hydroxyl groups is 1. The zero-order valence-corrected chi connectivity index (χ0v) is 10.5. The molecule has 1 unspecified atom stereocenters. The Kier molecular flexibility index (Phi) is 3.53. The van der Waals surface area contributed by atoms with Crippen LogP contribution in [0.15, 0.2) is 0 Å². The van der Waals surface area contributed by atoms with Crippen LogP contribution in [0.3, 0.4) is 0 Å². The lowest BCUT2D eigenvalue weighted by molar-refractivity contribution is 0.178. The summed E-state index contributed by atoms with van der Waals surface area (Å²) in [6.45, 7) is 4.07. The first kappa shape index (κ1) is 12.3. The molecule has 0 aromatic rings. The Balaban J connectivity index is 1.92. The third kappa shape index (κ3) is 2.40. The van der Waals surface area contributed by atoms with Crippen molar-refractivity contribution in [3.8, 4) is 0 Å². The molecule has 2 rings (SSSR count). The van der Waals surface area contributed by atoms with Crippen LogP contribution < -0.4 is 0 Å². The van der Waals surface area contributed by atoms with Gasteiger partial charge in [0.05, 0.1) is 11.9 Å². The number of rotatable bonds is 4. The van der Waals surface area contributed by atoms with Gasteiger partial charge in [0, 0.05) is 32.2 Å². The molecule has 0 spiro atoms. The van der Waals surface area contributed by atoms with Gasteiger partial charge in [-0.2, -0.15) is 4.31 Å². The fraction of sp³-hybridized carbons (Fsp3) is 1.00. The summed E-state index contributed by atoms with van der Waals surface area (Å²) in [6.07, 6.45) is 2.53. The molecule has 0 aromatic heterocycles. The molecule has 2 fully saturated rings. The molecular formula is C10H20N2O3S. The van der Waals surface area contributed by atoms with E-state index in [0.29, 0.717) is 19.1 Å². The first-order valence-electron chi connectivity index (χ1n) is 5.89. The molecule has 1 atom stereocenters. The Hall–Kier alpha value is -0.170. The predicted octanol–water partition coefficient (Wildman–Crippen LogP) is -0.523. The van der Waals surface area contributed by atoms with Crippen molar-refractivity contribution in [2.45, 2.75) is 31.1 Å². The quantitative estimate of drug-likeness (QED) is 0.727. The third-order valence-corrected chi connectivity index (χ3v) is 5.71. The summed E-state index contributed by atoms with van der Waals surface area (Å²) in [5, 5.41) is 8.25. The fourth-order valence-corrected chi connectivity index (χ4v) is 3.48. The van der Waals surface area contributed by atoms with Gasteiger partial charge in [0.2, 0.25) is 10.0 Å². The van der Waals surface area contributed by atoms with Crippen molar-refractivity contribution < 1.29 is 13.5 Å². The van der Waals surface area contributed by atoms with Crippen molar-refractivity contribution in [3.05, 3.63) is 0 Å².